The maximum atomic E-state index is 5.60. The summed E-state index contributed by atoms with van der Waals surface area (Å²) in [6.45, 7) is 5.12. The van der Waals surface area contributed by atoms with Crippen molar-refractivity contribution in [3.63, 3.8) is 0 Å². The van der Waals surface area contributed by atoms with Crippen LogP contribution in [-0.4, -0.2) is 45.7 Å². The molecule has 2 fully saturated rings. The first-order valence-corrected chi connectivity index (χ1v) is 6.63. The lowest BCUT2D eigenvalue weighted by Gasteiger charge is -2.11. The van der Waals surface area contributed by atoms with E-state index in [0.29, 0.717) is 6.10 Å². The van der Waals surface area contributed by atoms with E-state index < -0.39 is 0 Å². The molecule has 2 saturated heterocycles. The van der Waals surface area contributed by atoms with Crippen LogP contribution in [0.4, 0.5) is 0 Å². The summed E-state index contributed by atoms with van der Waals surface area (Å²) in [4.78, 5) is 2.44. The van der Waals surface area contributed by atoms with E-state index in [1.807, 2.05) is 4.68 Å². The van der Waals surface area contributed by atoms with Crippen molar-refractivity contribution >= 4 is 0 Å². The Morgan fingerprint density at radius 2 is 2.18 bits per heavy atom. The summed E-state index contributed by atoms with van der Waals surface area (Å²) in [6, 6.07) is 0. The molecule has 0 bridgehead atoms. The van der Waals surface area contributed by atoms with Gasteiger partial charge in [0.1, 0.15) is 0 Å². The number of rotatable bonds is 4. The zero-order valence-electron chi connectivity index (χ0n) is 10.2. The van der Waals surface area contributed by atoms with Crippen molar-refractivity contribution in [2.45, 2.75) is 44.9 Å². The first-order chi connectivity index (χ1) is 8.40. The van der Waals surface area contributed by atoms with Crippen molar-refractivity contribution in [3.8, 4) is 0 Å². The largest absolute Gasteiger partial charge is 0.376 e. The van der Waals surface area contributed by atoms with E-state index in [0.717, 1.165) is 31.8 Å². The number of aromatic nitrogens is 3. The molecule has 94 valence electrons. The molecule has 0 saturated carbocycles. The normalized spacial score (nSPS) is 25.8. The Kier molecular flexibility index (Phi) is 3.38. The van der Waals surface area contributed by atoms with Gasteiger partial charge in [-0.2, -0.15) is 0 Å². The maximum Gasteiger partial charge on any atom is 0.0967 e. The fourth-order valence-electron chi connectivity index (χ4n) is 2.67. The van der Waals surface area contributed by atoms with E-state index in [-0.39, 0.29) is 0 Å². The second-order valence-corrected chi connectivity index (χ2v) is 5.05. The summed E-state index contributed by atoms with van der Waals surface area (Å²) in [5, 5.41) is 8.42. The van der Waals surface area contributed by atoms with Crippen LogP contribution in [0.2, 0.25) is 0 Å². The van der Waals surface area contributed by atoms with Crippen molar-refractivity contribution in [2.24, 2.45) is 0 Å². The first-order valence-electron chi connectivity index (χ1n) is 6.63. The lowest BCUT2D eigenvalue weighted by atomic mass is 10.2. The van der Waals surface area contributed by atoms with E-state index in [9.17, 15) is 0 Å². The van der Waals surface area contributed by atoms with Gasteiger partial charge < -0.3 is 4.74 Å². The molecule has 0 radical (unpaired) electrons. The Balaban J connectivity index is 1.54. The van der Waals surface area contributed by atoms with Crippen LogP contribution in [0.1, 0.15) is 31.4 Å². The minimum atomic E-state index is 0.344. The van der Waals surface area contributed by atoms with Gasteiger partial charge in [0.2, 0.25) is 0 Å². The predicted octanol–water partition coefficient (Wildman–Crippen LogP) is 1.05. The lowest BCUT2D eigenvalue weighted by molar-refractivity contribution is 0.0935. The molecule has 1 aromatic heterocycles. The minimum absolute atomic E-state index is 0.344. The highest BCUT2D eigenvalue weighted by Crippen LogP contribution is 2.14. The number of nitrogens with zero attached hydrogens (tertiary/aromatic N) is 4. The van der Waals surface area contributed by atoms with Crippen LogP contribution < -0.4 is 0 Å². The molecule has 5 heteroatoms. The monoisotopic (exact) mass is 236 g/mol. The van der Waals surface area contributed by atoms with Crippen molar-refractivity contribution in [1.29, 1.82) is 0 Å². The van der Waals surface area contributed by atoms with E-state index in [1.165, 1.54) is 32.4 Å². The Bertz CT molecular complexity index is 321. The van der Waals surface area contributed by atoms with Gasteiger partial charge in [-0.15, -0.1) is 5.10 Å². The van der Waals surface area contributed by atoms with E-state index >= 15 is 0 Å². The molecule has 2 aliphatic heterocycles. The fourth-order valence-corrected chi connectivity index (χ4v) is 2.67. The molecule has 1 unspecified atom stereocenters. The summed E-state index contributed by atoms with van der Waals surface area (Å²) in [7, 11) is 0. The molecule has 1 aromatic rings. The molecule has 5 nitrogen and oxygen atoms in total. The van der Waals surface area contributed by atoms with Gasteiger partial charge in [0.15, 0.2) is 0 Å². The molecular formula is C12H20N4O. The molecule has 2 aliphatic rings. The summed E-state index contributed by atoms with van der Waals surface area (Å²) >= 11 is 0. The zero-order valence-corrected chi connectivity index (χ0v) is 10.2. The molecule has 3 rings (SSSR count). The molecular weight excluding hydrogens is 216 g/mol. The Hall–Kier alpha value is -0.940. The van der Waals surface area contributed by atoms with Gasteiger partial charge in [-0.05, 0) is 38.8 Å². The maximum absolute atomic E-state index is 5.60. The average molecular weight is 236 g/mol. The van der Waals surface area contributed by atoms with Gasteiger partial charge in [0.25, 0.3) is 0 Å². The van der Waals surface area contributed by atoms with Crippen LogP contribution in [0, 0.1) is 0 Å². The van der Waals surface area contributed by atoms with Crippen LogP contribution in [-0.2, 0) is 17.8 Å². The highest BCUT2D eigenvalue weighted by molar-refractivity contribution is 4.93. The van der Waals surface area contributed by atoms with Gasteiger partial charge in [0, 0.05) is 19.3 Å². The van der Waals surface area contributed by atoms with Crippen molar-refractivity contribution in [2.75, 3.05) is 19.7 Å². The summed E-state index contributed by atoms with van der Waals surface area (Å²) < 4.78 is 7.53. The highest BCUT2D eigenvalue weighted by atomic mass is 16.5. The number of hydrogen-bond donors (Lipinski definition) is 0. The van der Waals surface area contributed by atoms with Crippen molar-refractivity contribution in [1.82, 2.24) is 19.9 Å². The first kappa shape index (κ1) is 11.2. The summed E-state index contributed by atoms with van der Waals surface area (Å²) in [6.07, 6.45) is 7.39. The average Bonchev–Trinajstić information content (AvgIpc) is 3.02. The van der Waals surface area contributed by atoms with Crippen molar-refractivity contribution in [3.05, 3.63) is 11.9 Å². The molecule has 0 spiro atoms. The van der Waals surface area contributed by atoms with E-state index in [1.54, 1.807) is 0 Å². The molecule has 0 aliphatic carbocycles. The quantitative estimate of drug-likeness (QED) is 0.784. The van der Waals surface area contributed by atoms with E-state index in [2.05, 4.69) is 21.4 Å². The third kappa shape index (κ3) is 2.84. The molecule has 3 heterocycles. The van der Waals surface area contributed by atoms with Gasteiger partial charge in [0.05, 0.1) is 18.3 Å². The van der Waals surface area contributed by atoms with Gasteiger partial charge in [-0.3, -0.25) is 4.90 Å². The summed E-state index contributed by atoms with van der Waals surface area (Å²) in [5.74, 6) is 0. The zero-order chi connectivity index (χ0) is 11.5. The second kappa shape index (κ2) is 5.14. The van der Waals surface area contributed by atoms with Gasteiger partial charge in [-0.1, -0.05) is 5.21 Å². The lowest BCUT2D eigenvalue weighted by Crippen LogP contribution is -2.18. The fraction of sp³-hybridized carbons (Fsp3) is 0.833. The smallest absolute Gasteiger partial charge is 0.0967 e. The molecule has 0 N–H and O–H groups in total. The van der Waals surface area contributed by atoms with Crippen LogP contribution in [0.25, 0.3) is 0 Å². The molecule has 0 amide bonds. The highest BCUT2D eigenvalue weighted by Gasteiger charge is 2.17. The van der Waals surface area contributed by atoms with Crippen LogP contribution in [0.15, 0.2) is 6.20 Å². The predicted molar refractivity (Wildman–Crippen MR) is 63.5 cm³/mol. The topological polar surface area (TPSA) is 43.2 Å². The Labute approximate surface area is 102 Å². The van der Waals surface area contributed by atoms with Crippen LogP contribution in [0.3, 0.4) is 0 Å². The molecule has 17 heavy (non-hydrogen) atoms. The Morgan fingerprint density at radius 3 is 2.94 bits per heavy atom. The number of ether oxygens (including phenoxy) is 1. The second-order valence-electron chi connectivity index (χ2n) is 5.05. The van der Waals surface area contributed by atoms with Crippen LogP contribution >= 0.6 is 0 Å². The standard InChI is InChI=1S/C12H20N4O/c1-2-6-15(5-1)8-11-9-16(14-13-11)10-12-4-3-7-17-12/h9,12H,1-8,10H2. The number of likely N-dealkylation sites (tertiary alicyclic amines) is 1. The van der Waals surface area contributed by atoms with Gasteiger partial charge >= 0.3 is 0 Å². The van der Waals surface area contributed by atoms with Crippen LogP contribution in [0.5, 0.6) is 0 Å². The molecule has 1 atom stereocenters. The third-order valence-electron chi connectivity index (χ3n) is 3.59. The Morgan fingerprint density at radius 1 is 1.29 bits per heavy atom. The van der Waals surface area contributed by atoms with E-state index in [4.69, 9.17) is 4.74 Å². The third-order valence-corrected chi connectivity index (χ3v) is 3.59. The summed E-state index contributed by atoms with van der Waals surface area (Å²) in [5.41, 5.74) is 1.09. The van der Waals surface area contributed by atoms with Crippen molar-refractivity contribution < 1.29 is 4.74 Å². The number of hydrogen-bond acceptors (Lipinski definition) is 4. The van der Waals surface area contributed by atoms with Gasteiger partial charge in [-0.25, -0.2) is 4.68 Å². The molecule has 0 aromatic carbocycles. The minimum Gasteiger partial charge on any atom is -0.376 e. The SMILES string of the molecule is c1c(CN2CCCC2)nnn1CC1CCCO1.